The molecule has 0 spiro atoms. The zero-order valence-corrected chi connectivity index (χ0v) is 15.4. The lowest BCUT2D eigenvalue weighted by atomic mass is 9.99. The highest BCUT2D eigenvalue weighted by Crippen LogP contribution is 2.23. The largest absolute Gasteiger partial charge is 0.461 e. The van der Waals surface area contributed by atoms with Crippen molar-refractivity contribution >= 4 is 11.9 Å². The van der Waals surface area contributed by atoms with E-state index in [1.54, 1.807) is 25.1 Å². The average Bonchev–Trinajstić information content (AvgIpc) is 2.58. The van der Waals surface area contributed by atoms with Crippen LogP contribution in [0.4, 0.5) is 0 Å². The van der Waals surface area contributed by atoms with Gasteiger partial charge in [-0.05, 0) is 24.5 Å². The Labute approximate surface area is 149 Å². The zero-order valence-electron chi connectivity index (χ0n) is 15.4. The van der Waals surface area contributed by atoms with E-state index in [-0.39, 0.29) is 12.5 Å². The summed E-state index contributed by atoms with van der Waals surface area (Å²) in [5, 5.41) is 0. The Morgan fingerprint density at radius 3 is 2.32 bits per heavy atom. The van der Waals surface area contributed by atoms with E-state index in [0.29, 0.717) is 11.1 Å². The quantitative estimate of drug-likeness (QED) is 0.531. The summed E-state index contributed by atoms with van der Waals surface area (Å²) in [6.45, 7) is 7.01. The van der Waals surface area contributed by atoms with Crippen LogP contribution in [0.5, 0.6) is 0 Å². The maximum atomic E-state index is 12.6. The van der Waals surface area contributed by atoms with E-state index in [4.69, 9.17) is 14.2 Å². The highest BCUT2D eigenvalue weighted by atomic mass is 16.6. The van der Waals surface area contributed by atoms with E-state index in [2.05, 4.69) is 5.73 Å². The normalized spacial score (nSPS) is 12.7. The first-order valence-corrected chi connectivity index (χ1v) is 8.22. The van der Waals surface area contributed by atoms with E-state index in [9.17, 15) is 9.59 Å². The van der Waals surface area contributed by atoms with Crippen LogP contribution >= 0.6 is 0 Å². The van der Waals surface area contributed by atoms with Gasteiger partial charge in [-0.25, -0.2) is 4.79 Å². The predicted octanol–water partition coefficient (Wildman–Crippen LogP) is 3.61. The third-order valence-corrected chi connectivity index (χ3v) is 3.50. The molecular weight excluding hydrogens is 320 g/mol. The van der Waals surface area contributed by atoms with Gasteiger partial charge in [0.1, 0.15) is 12.7 Å². The highest BCUT2D eigenvalue weighted by Gasteiger charge is 2.29. The van der Waals surface area contributed by atoms with Gasteiger partial charge >= 0.3 is 11.9 Å². The second-order valence-electron chi connectivity index (χ2n) is 5.87. The van der Waals surface area contributed by atoms with Gasteiger partial charge in [-0.3, -0.25) is 4.79 Å². The molecule has 25 heavy (non-hydrogen) atoms. The predicted molar refractivity (Wildman–Crippen MR) is 94.8 cm³/mol. The summed E-state index contributed by atoms with van der Waals surface area (Å²) in [7, 11) is 1.46. The highest BCUT2D eigenvalue weighted by molar-refractivity contribution is 5.77. The molecule has 1 rings (SSSR count). The molecule has 1 aromatic rings. The number of hydrogen-bond acceptors (Lipinski definition) is 5. The van der Waals surface area contributed by atoms with Crippen molar-refractivity contribution in [1.29, 1.82) is 0 Å². The van der Waals surface area contributed by atoms with Crippen LogP contribution in [0.15, 0.2) is 47.7 Å². The Bertz CT molecular complexity index is 627. The van der Waals surface area contributed by atoms with Crippen LogP contribution in [0.2, 0.25) is 0 Å². The van der Waals surface area contributed by atoms with Gasteiger partial charge < -0.3 is 14.2 Å². The Morgan fingerprint density at radius 1 is 1.20 bits per heavy atom. The van der Waals surface area contributed by atoms with Crippen molar-refractivity contribution in [2.24, 2.45) is 5.92 Å². The summed E-state index contributed by atoms with van der Waals surface area (Å²) in [4.78, 5) is 23.7. The molecule has 5 nitrogen and oxygen atoms in total. The van der Waals surface area contributed by atoms with Crippen molar-refractivity contribution in [3.8, 4) is 0 Å². The van der Waals surface area contributed by atoms with Crippen LogP contribution in [0.3, 0.4) is 0 Å². The van der Waals surface area contributed by atoms with E-state index in [0.717, 1.165) is 0 Å². The molecule has 0 bridgehead atoms. The van der Waals surface area contributed by atoms with Gasteiger partial charge in [-0.1, -0.05) is 44.2 Å². The van der Waals surface area contributed by atoms with E-state index < -0.39 is 24.1 Å². The molecular formula is C20H26O5. The minimum Gasteiger partial charge on any atom is -0.461 e. The molecule has 0 N–H and O–H groups in total. The Morgan fingerprint density at radius 2 is 1.84 bits per heavy atom. The molecule has 0 heterocycles. The van der Waals surface area contributed by atoms with E-state index in [1.807, 2.05) is 32.0 Å². The first kappa shape index (κ1) is 20.7. The standard InChI is InChI=1S/C20H26O5/c1-6-10-17(13-24-15(4)21)18(14(2)3)25-20(22)19(23-5)16-11-8-7-9-12-16/h6-9,11-12,14,18-19H,13H2,1-5H3/t10?,18-,19+/m0/s1. The van der Waals surface area contributed by atoms with Gasteiger partial charge in [-0.15, -0.1) is 5.73 Å². The summed E-state index contributed by atoms with van der Waals surface area (Å²) in [6, 6.07) is 9.15. The van der Waals surface area contributed by atoms with Gasteiger partial charge in [0.05, 0.1) is 0 Å². The number of hydrogen-bond donors (Lipinski definition) is 0. The van der Waals surface area contributed by atoms with Crippen LogP contribution in [0.25, 0.3) is 0 Å². The summed E-state index contributed by atoms with van der Waals surface area (Å²) in [5.41, 5.74) is 4.34. The molecule has 0 aliphatic heterocycles. The molecule has 0 unspecified atom stereocenters. The summed E-state index contributed by atoms with van der Waals surface area (Å²) < 4.78 is 16.1. The summed E-state index contributed by atoms with van der Waals surface area (Å²) >= 11 is 0. The minimum atomic E-state index is -0.817. The smallest absolute Gasteiger partial charge is 0.340 e. The summed E-state index contributed by atoms with van der Waals surface area (Å²) in [5.74, 6) is -0.913. The van der Waals surface area contributed by atoms with Crippen molar-refractivity contribution in [3.05, 3.63) is 53.3 Å². The Kier molecular flexibility index (Phi) is 8.68. The van der Waals surface area contributed by atoms with Crippen molar-refractivity contribution in [1.82, 2.24) is 0 Å². The fraction of sp³-hybridized carbons (Fsp3) is 0.450. The van der Waals surface area contributed by atoms with Gasteiger partial charge in [0, 0.05) is 19.6 Å². The fourth-order valence-corrected chi connectivity index (χ4v) is 2.36. The van der Waals surface area contributed by atoms with Crippen molar-refractivity contribution < 1.29 is 23.8 Å². The van der Waals surface area contributed by atoms with Gasteiger partial charge in [0.15, 0.2) is 6.10 Å². The molecule has 0 saturated heterocycles. The molecule has 136 valence electrons. The van der Waals surface area contributed by atoms with Gasteiger partial charge in [0.25, 0.3) is 0 Å². The molecule has 5 heteroatoms. The number of ether oxygens (including phenoxy) is 3. The summed E-state index contributed by atoms with van der Waals surface area (Å²) in [6.07, 6.45) is 0.319. The Hall–Kier alpha value is -2.36. The zero-order chi connectivity index (χ0) is 18.8. The monoisotopic (exact) mass is 346 g/mol. The lowest BCUT2D eigenvalue weighted by molar-refractivity contribution is -0.162. The molecule has 0 fully saturated rings. The van der Waals surface area contributed by atoms with Crippen molar-refractivity contribution in [3.63, 3.8) is 0 Å². The molecule has 2 atom stereocenters. The number of carbonyl (C=O) groups excluding carboxylic acids is 2. The maximum absolute atomic E-state index is 12.6. The van der Waals surface area contributed by atoms with Crippen LogP contribution < -0.4 is 0 Å². The van der Waals surface area contributed by atoms with Crippen molar-refractivity contribution in [2.45, 2.75) is 39.9 Å². The molecule has 0 saturated carbocycles. The first-order valence-electron chi connectivity index (χ1n) is 8.22. The van der Waals surface area contributed by atoms with Crippen LogP contribution in [0.1, 0.15) is 39.4 Å². The minimum absolute atomic E-state index is 0.0183. The van der Waals surface area contributed by atoms with Gasteiger partial charge in [0.2, 0.25) is 0 Å². The number of methoxy groups -OCH3 is 1. The van der Waals surface area contributed by atoms with Crippen LogP contribution in [-0.4, -0.2) is 31.8 Å². The first-order chi connectivity index (χ1) is 11.9. The second-order valence-corrected chi connectivity index (χ2v) is 5.87. The topological polar surface area (TPSA) is 61.8 Å². The maximum Gasteiger partial charge on any atom is 0.340 e. The van der Waals surface area contributed by atoms with E-state index in [1.165, 1.54) is 14.0 Å². The molecule has 0 aromatic heterocycles. The third-order valence-electron chi connectivity index (χ3n) is 3.50. The second kappa shape index (κ2) is 10.5. The number of esters is 2. The average molecular weight is 346 g/mol. The molecule has 0 amide bonds. The van der Waals surface area contributed by atoms with E-state index >= 15 is 0 Å². The fourth-order valence-electron chi connectivity index (χ4n) is 2.36. The third kappa shape index (κ3) is 6.57. The lowest BCUT2D eigenvalue weighted by Gasteiger charge is -2.25. The van der Waals surface area contributed by atoms with Gasteiger partial charge in [-0.2, -0.15) is 0 Å². The molecule has 1 aromatic carbocycles. The number of benzene rings is 1. The molecule has 0 aliphatic rings. The van der Waals surface area contributed by atoms with Crippen molar-refractivity contribution in [2.75, 3.05) is 13.7 Å². The Balaban J connectivity index is 3.00. The lowest BCUT2D eigenvalue weighted by Crippen LogP contribution is -2.31. The van der Waals surface area contributed by atoms with Crippen LogP contribution in [0, 0.1) is 5.92 Å². The van der Waals surface area contributed by atoms with Crippen LogP contribution in [-0.2, 0) is 23.8 Å². The molecule has 0 radical (unpaired) electrons. The number of carbonyl (C=O) groups is 2. The SMILES string of the molecule is CC=C=C(COC(C)=O)[C@@H](OC(=O)[C@H](OC)c1ccccc1)C(C)C. The number of rotatable bonds is 8. The molecule has 0 aliphatic carbocycles.